The zero-order chi connectivity index (χ0) is 13.1. The molecular formula is C13H17N3O2. The number of carbonyl (C=O) groups is 1. The van der Waals surface area contributed by atoms with Gasteiger partial charge in [0.05, 0.1) is 0 Å². The predicted molar refractivity (Wildman–Crippen MR) is 69.3 cm³/mol. The second-order valence-corrected chi connectivity index (χ2v) is 4.52. The van der Waals surface area contributed by atoms with Gasteiger partial charge in [-0.1, -0.05) is 6.07 Å². The van der Waals surface area contributed by atoms with Gasteiger partial charge in [-0.2, -0.15) is 0 Å². The second kappa shape index (κ2) is 5.08. The number of oxazole rings is 1. The van der Waals surface area contributed by atoms with Crippen LogP contribution in [0.3, 0.4) is 0 Å². The molecule has 18 heavy (non-hydrogen) atoms. The maximum Gasteiger partial charge on any atom is 0.315 e. The number of aryl methyl sites for hydroxylation is 1. The first-order valence-corrected chi connectivity index (χ1v) is 5.95. The van der Waals surface area contributed by atoms with E-state index in [9.17, 15) is 4.79 Å². The lowest BCUT2D eigenvalue weighted by Crippen LogP contribution is -2.39. The molecule has 2 aromatic rings. The number of amides is 2. The lowest BCUT2D eigenvalue weighted by atomic mass is 10.2. The van der Waals surface area contributed by atoms with Crippen LogP contribution in [0.4, 0.5) is 4.79 Å². The average Bonchev–Trinajstić information content (AvgIpc) is 2.64. The first-order chi connectivity index (χ1) is 8.54. The van der Waals surface area contributed by atoms with Gasteiger partial charge in [-0.15, -0.1) is 0 Å². The Balaban J connectivity index is 2.01. The van der Waals surface area contributed by atoms with E-state index in [1.54, 1.807) is 0 Å². The van der Waals surface area contributed by atoms with E-state index in [-0.39, 0.29) is 12.1 Å². The first kappa shape index (κ1) is 12.4. The van der Waals surface area contributed by atoms with Gasteiger partial charge in [0.1, 0.15) is 5.52 Å². The maximum absolute atomic E-state index is 11.4. The minimum absolute atomic E-state index is 0.129. The molecule has 0 fully saturated rings. The van der Waals surface area contributed by atoms with Gasteiger partial charge in [-0.3, -0.25) is 0 Å². The van der Waals surface area contributed by atoms with Crippen LogP contribution in [0.15, 0.2) is 22.6 Å². The highest BCUT2D eigenvalue weighted by Crippen LogP contribution is 2.16. The minimum Gasteiger partial charge on any atom is -0.441 e. The summed E-state index contributed by atoms with van der Waals surface area (Å²) in [7, 11) is 0. The van der Waals surface area contributed by atoms with E-state index in [1.807, 2.05) is 39.0 Å². The number of nitrogens with one attached hydrogen (secondary N) is 2. The monoisotopic (exact) mass is 247 g/mol. The third-order valence-corrected chi connectivity index (χ3v) is 2.43. The van der Waals surface area contributed by atoms with Crippen molar-refractivity contribution in [3.63, 3.8) is 0 Å². The van der Waals surface area contributed by atoms with Crippen LogP contribution in [-0.2, 0) is 6.54 Å². The van der Waals surface area contributed by atoms with Crippen molar-refractivity contribution in [2.45, 2.75) is 33.4 Å². The SMILES string of the molecule is Cc1nc2ccc(CNC(=O)NC(C)C)cc2o1. The van der Waals surface area contributed by atoms with Crippen LogP contribution in [0.5, 0.6) is 0 Å². The van der Waals surface area contributed by atoms with E-state index in [0.717, 1.165) is 16.7 Å². The van der Waals surface area contributed by atoms with Crippen LogP contribution in [0.1, 0.15) is 25.3 Å². The van der Waals surface area contributed by atoms with Crippen molar-refractivity contribution in [2.24, 2.45) is 0 Å². The fourth-order valence-electron chi connectivity index (χ4n) is 1.69. The summed E-state index contributed by atoms with van der Waals surface area (Å²) in [6, 6.07) is 5.68. The molecule has 2 rings (SSSR count). The highest BCUT2D eigenvalue weighted by atomic mass is 16.3. The molecule has 5 heteroatoms. The number of rotatable bonds is 3. The fraction of sp³-hybridized carbons (Fsp3) is 0.385. The number of aromatic nitrogens is 1. The largest absolute Gasteiger partial charge is 0.441 e. The third-order valence-electron chi connectivity index (χ3n) is 2.43. The van der Waals surface area contributed by atoms with E-state index in [2.05, 4.69) is 15.6 Å². The minimum atomic E-state index is -0.168. The molecule has 0 aliphatic rings. The van der Waals surface area contributed by atoms with Gasteiger partial charge in [0.2, 0.25) is 0 Å². The summed E-state index contributed by atoms with van der Waals surface area (Å²) in [5, 5.41) is 5.56. The quantitative estimate of drug-likeness (QED) is 0.874. The Bertz CT molecular complexity index is 560. The molecule has 5 nitrogen and oxygen atoms in total. The molecular weight excluding hydrogens is 230 g/mol. The van der Waals surface area contributed by atoms with Gasteiger partial charge in [-0.25, -0.2) is 9.78 Å². The maximum atomic E-state index is 11.4. The van der Waals surface area contributed by atoms with E-state index in [0.29, 0.717) is 12.4 Å². The van der Waals surface area contributed by atoms with Crippen molar-refractivity contribution in [2.75, 3.05) is 0 Å². The number of fused-ring (bicyclic) bond motifs is 1. The summed E-state index contributed by atoms with van der Waals surface area (Å²) in [6.45, 7) is 6.12. The summed E-state index contributed by atoms with van der Waals surface area (Å²) in [5.41, 5.74) is 2.57. The summed E-state index contributed by atoms with van der Waals surface area (Å²) in [4.78, 5) is 15.7. The molecule has 1 aromatic carbocycles. The molecule has 0 saturated heterocycles. The van der Waals surface area contributed by atoms with Crippen molar-refractivity contribution in [3.05, 3.63) is 29.7 Å². The fourth-order valence-corrected chi connectivity index (χ4v) is 1.69. The molecule has 2 amide bonds. The first-order valence-electron chi connectivity index (χ1n) is 5.95. The molecule has 0 radical (unpaired) electrons. The molecule has 0 bridgehead atoms. The third kappa shape index (κ3) is 3.00. The Morgan fingerprint density at radius 1 is 1.44 bits per heavy atom. The number of urea groups is 1. The number of carbonyl (C=O) groups excluding carboxylic acids is 1. The molecule has 0 atom stereocenters. The molecule has 1 aromatic heterocycles. The van der Waals surface area contributed by atoms with Gasteiger partial charge < -0.3 is 15.1 Å². The van der Waals surface area contributed by atoms with E-state index in [4.69, 9.17) is 4.42 Å². The Morgan fingerprint density at radius 3 is 2.94 bits per heavy atom. The second-order valence-electron chi connectivity index (χ2n) is 4.52. The lowest BCUT2D eigenvalue weighted by molar-refractivity contribution is 0.238. The number of nitrogens with zero attached hydrogens (tertiary/aromatic N) is 1. The van der Waals surface area contributed by atoms with Crippen LogP contribution in [0.2, 0.25) is 0 Å². The molecule has 0 unspecified atom stereocenters. The molecule has 96 valence electrons. The Morgan fingerprint density at radius 2 is 2.22 bits per heavy atom. The van der Waals surface area contributed by atoms with Gasteiger partial charge in [0, 0.05) is 19.5 Å². The number of benzene rings is 1. The predicted octanol–water partition coefficient (Wildman–Crippen LogP) is 2.34. The van der Waals surface area contributed by atoms with Gasteiger partial charge in [0.25, 0.3) is 0 Å². The van der Waals surface area contributed by atoms with E-state index < -0.39 is 0 Å². The molecule has 2 N–H and O–H groups in total. The van der Waals surface area contributed by atoms with Crippen molar-refractivity contribution in [3.8, 4) is 0 Å². The van der Waals surface area contributed by atoms with Crippen LogP contribution >= 0.6 is 0 Å². The summed E-state index contributed by atoms with van der Waals surface area (Å²) >= 11 is 0. The Kier molecular flexibility index (Phi) is 3.50. The summed E-state index contributed by atoms with van der Waals surface area (Å²) in [5.74, 6) is 0.646. The smallest absolute Gasteiger partial charge is 0.315 e. The lowest BCUT2D eigenvalue weighted by Gasteiger charge is -2.09. The molecule has 0 saturated carbocycles. The Hall–Kier alpha value is -2.04. The van der Waals surface area contributed by atoms with E-state index in [1.165, 1.54) is 0 Å². The molecule has 0 aliphatic carbocycles. The highest BCUT2D eigenvalue weighted by Gasteiger charge is 2.05. The van der Waals surface area contributed by atoms with Crippen molar-refractivity contribution in [1.82, 2.24) is 15.6 Å². The van der Waals surface area contributed by atoms with Gasteiger partial charge >= 0.3 is 6.03 Å². The summed E-state index contributed by atoms with van der Waals surface area (Å²) < 4.78 is 5.44. The van der Waals surface area contributed by atoms with Gasteiger partial charge in [0.15, 0.2) is 11.5 Å². The Labute approximate surface area is 106 Å². The summed E-state index contributed by atoms with van der Waals surface area (Å²) in [6.07, 6.45) is 0. The number of hydrogen-bond acceptors (Lipinski definition) is 3. The number of hydrogen-bond donors (Lipinski definition) is 2. The standard InChI is InChI=1S/C13H17N3O2/c1-8(2)15-13(17)14-7-10-4-5-11-12(6-10)18-9(3)16-11/h4-6,8H,7H2,1-3H3,(H2,14,15,17). The van der Waals surface area contributed by atoms with Crippen molar-refractivity contribution < 1.29 is 9.21 Å². The highest BCUT2D eigenvalue weighted by molar-refractivity contribution is 5.75. The average molecular weight is 247 g/mol. The topological polar surface area (TPSA) is 67.2 Å². The van der Waals surface area contributed by atoms with Gasteiger partial charge in [-0.05, 0) is 31.5 Å². The van der Waals surface area contributed by atoms with Crippen molar-refractivity contribution >= 4 is 17.1 Å². The zero-order valence-corrected chi connectivity index (χ0v) is 10.8. The molecule has 0 aliphatic heterocycles. The van der Waals surface area contributed by atoms with Crippen LogP contribution in [0, 0.1) is 6.92 Å². The van der Waals surface area contributed by atoms with E-state index >= 15 is 0 Å². The van der Waals surface area contributed by atoms with Crippen LogP contribution in [-0.4, -0.2) is 17.1 Å². The zero-order valence-electron chi connectivity index (χ0n) is 10.8. The molecule has 1 heterocycles. The molecule has 0 spiro atoms. The normalized spacial score (nSPS) is 10.9. The van der Waals surface area contributed by atoms with Crippen LogP contribution < -0.4 is 10.6 Å². The van der Waals surface area contributed by atoms with Crippen molar-refractivity contribution in [1.29, 1.82) is 0 Å². The van der Waals surface area contributed by atoms with Crippen LogP contribution in [0.25, 0.3) is 11.1 Å².